The highest BCUT2D eigenvalue weighted by Crippen LogP contribution is 2.40. The Morgan fingerprint density at radius 2 is 1.30 bits per heavy atom. The minimum Gasteiger partial charge on any atom is -0.298 e. The topological polar surface area (TPSA) is 47.7 Å². The van der Waals surface area contributed by atoms with Gasteiger partial charge in [-0.1, -0.05) is 74.9 Å². The Bertz CT molecular complexity index is 1430. The van der Waals surface area contributed by atoms with Crippen molar-refractivity contribution in [3.8, 4) is 0 Å². The molecule has 5 rings (SSSR count). The first-order valence-corrected chi connectivity index (χ1v) is 9.71. The largest absolute Gasteiger partial charge is 0.298 e. The lowest BCUT2D eigenvalue weighted by Crippen LogP contribution is -2.29. The quantitative estimate of drug-likeness (QED) is 0.294. The Morgan fingerprint density at radius 3 is 2.00 bits per heavy atom. The van der Waals surface area contributed by atoms with Crippen LogP contribution in [0.2, 0.25) is 0 Å². The first-order valence-electron chi connectivity index (χ1n) is 9.71. The molecule has 0 fully saturated rings. The van der Waals surface area contributed by atoms with Crippen LogP contribution < -0.4 is 10.7 Å². The molecule has 0 saturated heterocycles. The molecule has 1 atom stereocenters. The fourth-order valence-electron chi connectivity index (χ4n) is 4.92. The van der Waals surface area contributed by atoms with Crippen LogP contribution in [0, 0.1) is 10.8 Å². The molecule has 2 heteroatoms. The average Bonchev–Trinajstić information content (AvgIpc) is 2.68. The molecule has 0 aliphatic heterocycles. The third kappa shape index (κ3) is 2.07. The Labute approximate surface area is 157 Å². The molecule has 0 saturated carbocycles. The molecule has 0 spiro atoms. The molecule has 5 aromatic carbocycles. The van der Waals surface area contributed by atoms with Crippen molar-refractivity contribution in [2.45, 2.75) is 32.6 Å². The summed E-state index contributed by atoms with van der Waals surface area (Å²) < 4.78 is 0. The van der Waals surface area contributed by atoms with Crippen LogP contribution in [0.15, 0.2) is 54.6 Å². The maximum atomic E-state index is 8.89. The highest BCUT2D eigenvalue weighted by Gasteiger charge is 2.19. The van der Waals surface area contributed by atoms with E-state index in [1.54, 1.807) is 0 Å². The van der Waals surface area contributed by atoms with Crippen molar-refractivity contribution in [2.75, 3.05) is 0 Å². The van der Waals surface area contributed by atoms with Crippen LogP contribution in [-0.4, -0.2) is 0 Å². The fourth-order valence-corrected chi connectivity index (χ4v) is 4.92. The molecule has 2 nitrogen and oxygen atoms in total. The molecule has 0 radical (unpaired) electrons. The van der Waals surface area contributed by atoms with E-state index in [2.05, 4.69) is 68.4 Å². The number of rotatable bonds is 3. The molecule has 0 aromatic heterocycles. The van der Waals surface area contributed by atoms with Gasteiger partial charge in [-0.25, -0.2) is 0 Å². The predicted octanol–water partition coefficient (Wildman–Crippen LogP) is 6.04. The number of hydrogen-bond acceptors (Lipinski definition) is 2. The second-order valence-corrected chi connectivity index (χ2v) is 7.67. The average molecular weight is 350 g/mol. The van der Waals surface area contributed by atoms with E-state index in [1.165, 1.54) is 21.5 Å². The lowest BCUT2D eigenvalue weighted by Gasteiger charge is -2.19. The van der Waals surface area contributed by atoms with E-state index in [0.29, 0.717) is 10.7 Å². The summed E-state index contributed by atoms with van der Waals surface area (Å²) in [6.07, 6.45) is 2.12. The summed E-state index contributed by atoms with van der Waals surface area (Å²) in [5.74, 6) is 0.281. The van der Waals surface area contributed by atoms with Crippen molar-refractivity contribution in [1.29, 1.82) is 10.8 Å². The normalized spacial score (nSPS) is 13.3. The minimum absolute atomic E-state index is 0.281. The molecule has 0 aliphatic rings. The van der Waals surface area contributed by atoms with Gasteiger partial charge in [0.25, 0.3) is 0 Å². The minimum atomic E-state index is 0.281. The zero-order valence-corrected chi connectivity index (χ0v) is 15.7. The van der Waals surface area contributed by atoms with Crippen LogP contribution in [0.25, 0.3) is 43.1 Å². The number of fused-ring (bicyclic) bond motifs is 2. The van der Waals surface area contributed by atoms with Gasteiger partial charge in [0, 0.05) is 5.39 Å². The van der Waals surface area contributed by atoms with E-state index in [-0.39, 0.29) is 5.92 Å². The zero-order valence-electron chi connectivity index (χ0n) is 15.7. The smallest absolute Gasteiger partial charge is 0.0877 e. The van der Waals surface area contributed by atoms with E-state index < -0.39 is 0 Å². The van der Waals surface area contributed by atoms with Crippen LogP contribution in [0.4, 0.5) is 0 Å². The summed E-state index contributed by atoms with van der Waals surface area (Å²) in [6.45, 7) is 4.38. The standard InChI is InChI=1S/C25H22N2/c1-3-7-14(2)20-18-13-6-11-17-16-10-4-8-15-9-5-12-19(21(15)16)23(22(17)18)25(27)24(20)26/h4-6,8-14,26-27H,3,7H2,1-2H3. The van der Waals surface area contributed by atoms with Crippen molar-refractivity contribution in [1.82, 2.24) is 0 Å². The van der Waals surface area contributed by atoms with Crippen LogP contribution >= 0.6 is 0 Å². The third-order valence-corrected chi connectivity index (χ3v) is 6.05. The van der Waals surface area contributed by atoms with Crippen molar-refractivity contribution in [3.63, 3.8) is 0 Å². The van der Waals surface area contributed by atoms with Gasteiger partial charge in [0.2, 0.25) is 0 Å². The number of nitrogens with one attached hydrogen (secondary N) is 2. The Kier molecular flexibility index (Phi) is 3.45. The maximum absolute atomic E-state index is 8.89. The molecule has 2 N–H and O–H groups in total. The van der Waals surface area contributed by atoms with E-state index in [0.717, 1.165) is 39.9 Å². The van der Waals surface area contributed by atoms with Gasteiger partial charge in [0.1, 0.15) is 0 Å². The first kappa shape index (κ1) is 16.2. The maximum Gasteiger partial charge on any atom is 0.0877 e. The van der Waals surface area contributed by atoms with Crippen LogP contribution in [-0.2, 0) is 0 Å². The molecular weight excluding hydrogens is 328 g/mol. The number of benzene rings is 5. The van der Waals surface area contributed by atoms with E-state index >= 15 is 0 Å². The van der Waals surface area contributed by atoms with Crippen molar-refractivity contribution in [3.05, 3.63) is 70.9 Å². The first-order chi connectivity index (χ1) is 13.1. The van der Waals surface area contributed by atoms with Gasteiger partial charge in [-0.15, -0.1) is 0 Å². The molecule has 0 aliphatic carbocycles. The third-order valence-electron chi connectivity index (χ3n) is 6.05. The van der Waals surface area contributed by atoms with Gasteiger partial charge in [0.15, 0.2) is 0 Å². The Morgan fingerprint density at radius 1 is 0.704 bits per heavy atom. The van der Waals surface area contributed by atoms with Gasteiger partial charge < -0.3 is 0 Å². The van der Waals surface area contributed by atoms with Crippen molar-refractivity contribution in [2.24, 2.45) is 0 Å². The predicted molar refractivity (Wildman–Crippen MR) is 114 cm³/mol. The van der Waals surface area contributed by atoms with Crippen LogP contribution in [0.5, 0.6) is 0 Å². The Hall–Kier alpha value is -3.00. The van der Waals surface area contributed by atoms with Gasteiger partial charge in [-0.3, -0.25) is 10.8 Å². The van der Waals surface area contributed by atoms with E-state index in [4.69, 9.17) is 10.8 Å². The summed E-state index contributed by atoms with van der Waals surface area (Å²) >= 11 is 0. The summed E-state index contributed by atoms with van der Waals surface area (Å²) in [5.41, 5.74) is 1.04. The van der Waals surface area contributed by atoms with Gasteiger partial charge in [-0.2, -0.15) is 0 Å². The van der Waals surface area contributed by atoms with Gasteiger partial charge in [-0.05, 0) is 55.6 Å². The van der Waals surface area contributed by atoms with Crippen LogP contribution in [0.1, 0.15) is 38.2 Å². The molecular formula is C25H22N2. The SMILES string of the molecule is CCCC(C)c1c(=N)c(=N)c2c3cccc4cccc(c5cccc1c52)c43. The van der Waals surface area contributed by atoms with Gasteiger partial charge in [0.05, 0.1) is 10.7 Å². The van der Waals surface area contributed by atoms with Gasteiger partial charge >= 0.3 is 0 Å². The van der Waals surface area contributed by atoms with Crippen LogP contribution in [0.3, 0.4) is 0 Å². The highest BCUT2D eigenvalue weighted by atomic mass is 14.5. The molecule has 132 valence electrons. The molecule has 0 heterocycles. The molecule has 27 heavy (non-hydrogen) atoms. The lowest BCUT2D eigenvalue weighted by molar-refractivity contribution is 0.661. The summed E-state index contributed by atoms with van der Waals surface area (Å²) in [4.78, 5) is 0. The fraction of sp³-hybridized carbons (Fsp3) is 0.200. The Balaban J connectivity index is 2.15. The highest BCUT2D eigenvalue weighted by molar-refractivity contribution is 6.32. The van der Waals surface area contributed by atoms with Crippen molar-refractivity contribution >= 4 is 43.1 Å². The monoisotopic (exact) mass is 350 g/mol. The summed E-state index contributed by atoms with van der Waals surface area (Å²) in [6, 6.07) is 19.2. The zero-order chi connectivity index (χ0) is 18.7. The number of hydrogen-bond donors (Lipinski definition) is 2. The molecule has 0 bridgehead atoms. The molecule has 1 unspecified atom stereocenters. The summed E-state index contributed by atoms with van der Waals surface area (Å²) in [7, 11) is 0. The second kappa shape index (κ2) is 5.75. The summed E-state index contributed by atoms with van der Waals surface area (Å²) in [5, 5.41) is 27.7. The van der Waals surface area contributed by atoms with E-state index in [1.807, 2.05) is 0 Å². The van der Waals surface area contributed by atoms with Crippen molar-refractivity contribution < 1.29 is 0 Å². The van der Waals surface area contributed by atoms with E-state index in [9.17, 15) is 0 Å². The second-order valence-electron chi connectivity index (χ2n) is 7.67. The molecule has 0 amide bonds. The molecule has 5 aromatic rings. The lowest BCUT2D eigenvalue weighted by atomic mass is 9.84.